The van der Waals surface area contributed by atoms with E-state index in [9.17, 15) is 4.79 Å². The molecule has 0 aliphatic rings. The van der Waals surface area contributed by atoms with Gasteiger partial charge in [0.25, 0.3) is 0 Å². The Morgan fingerprint density at radius 3 is 2.91 bits per heavy atom. The third kappa shape index (κ3) is 1.68. The number of carbonyl (C=O) groups is 1. The highest BCUT2D eigenvalue weighted by molar-refractivity contribution is 7.71. The lowest BCUT2D eigenvalue weighted by Crippen LogP contribution is -2.19. The molecule has 0 aliphatic heterocycles. The molecule has 11 heavy (non-hydrogen) atoms. The molecule has 3 N–H and O–H groups in total. The molecule has 5 heteroatoms. The number of nitrogens with zero attached hydrogens (tertiary/aromatic N) is 1. The van der Waals surface area contributed by atoms with Crippen LogP contribution in [-0.2, 0) is 11.3 Å². The number of nitrogens with one attached hydrogen (secondary N) is 1. The summed E-state index contributed by atoms with van der Waals surface area (Å²) in [6.07, 6.45) is 1.74. The van der Waals surface area contributed by atoms with E-state index in [4.69, 9.17) is 18.0 Å². The van der Waals surface area contributed by atoms with Crippen LogP contribution in [-0.4, -0.2) is 15.5 Å². The zero-order valence-corrected chi connectivity index (χ0v) is 6.94. The predicted molar refractivity (Wildman–Crippen MR) is 43.5 cm³/mol. The number of aryl methyl sites for hydroxylation is 1. The second-order valence-corrected chi connectivity index (χ2v) is 2.67. The Labute approximate surface area is 69.0 Å². The van der Waals surface area contributed by atoms with Crippen LogP contribution in [0.3, 0.4) is 0 Å². The second-order valence-electron chi connectivity index (χ2n) is 2.29. The molecule has 0 spiro atoms. The van der Waals surface area contributed by atoms with Crippen LogP contribution < -0.4 is 5.73 Å². The summed E-state index contributed by atoms with van der Waals surface area (Å²) in [7, 11) is 0. The van der Waals surface area contributed by atoms with Gasteiger partial charge in [-0.25, -0.2) is 0 Å². The van der Waals surface area contributed by atoms with Crippen molar-refractivity contribution < 1.29 is 4.79 Å². The minimum absolute atomic E-state index is 0.147. The van der Waals surface area contributed by atoms with Crippen molar-refractivity contribution in [2.45, 2.75) is 13.5 Å². The summed E-state index contributed by atoms with van der Waals surface area (Å²) in [5, 5.41) is 0. The normalized spacial score (nSPS) is 9.91. The van der Waals surface area contributed by atoms with Crippen LogP contribution >= 0.6 is 12.2 Å². The number of aromatic amines is 1. The summed E-state index contributed by atoms with van der Waals surface area (Å²) in [4.78, 5) is 13.3. The van der Waals surface area contributed by atoms with E-state index in [0.29, 0.717) is 4.77 Å². The van der Waals surface area contributed by atoms with Gasteiger partial charge >= 0.3 is 0 Å². The Balaban J connectivity index is 3.01. The number of carbonyl (C=O) groups excluding carboxylic acids is 1. The van der Waals surface area contributed by atoms with E-state index < -0.39 is 0 Å². The van der Waals surface area contributed by atoms with Crippen LogP contribution in [0.25, 0.3) is 0 Å². The molecule has 0 aromatic carbocycles. The quantitative estimate of drug-likeness (QED) is 0.630. The Kier molecular flexibility index (Phi) is 2.09. The van der Waals surface area contributed by atoms with Gasteiger partial charge in [-0.1, -0.05) is 0 Å². The summed E-state index contributed by atoms with van der Waals surface area (Å²) in [5.74, 6) is -0.385. The molecule has 0 aliphatic carbocycles. The van der Waals surface area contributed by atoms with Crippen molar-refractivity contribution in [3.8, 4) is 0 Å². The number of aromatic nitrogens is 2. The van der Waals surface area contributed by atoms with Crippen molar-refractivity contribution in [3.63, 3.8) is 0 Å². The Morgan fingerprint density at radius 1 is 1.91 bits per heavy atom. The molecule has 1 heterocycles. The van der Waals surface area contributed by atoms with Crippen molar-refractivity contribution in [2.75, 3.05) is 0 Å². The van der Waals surface area contributed by atoms with Crippen molar-refractivity contribution in [2.24, 2.45) is 5.73 Å². The highest BCUT2D eigenvalue weighted by Gasteiger charge is 2.00. The molecular weight excluding hydrogens is 162 g/mol. The monoisotopic (exact) mass is 171 g/mol. The summed E-state index contributed by atoms with van der Waals surface area (Å²) >= 11 is 4.89. The van der Waals surface area contributed by atoms with Gasteiger partial charge in [0.05, 0.1) is 0 Å². The average molecular weight is 171 g/mol. The summed E-state index contributed by atoms with van der Waals surface area (Å²) < 4.78 is 2.18. The van der Waals surface area contributed by atoms with E-state index in [2.05, 4.69) is 4.98 Å². The topological polar surface area (TPSA) is 63.8 Å². The van der Waals surface area contributed by atoms with Gasteiger partial charge in [0.1, 0.15) is 6.54 Å². The number of hydrogen-bond acceptors (Lipinski definition) is 2. The minimum atomic E-state index is -0.385. The zero-order chi connectivity index (χ0) is 8.43. The Hall–Kier alpha value is -1.10. The molecule has 0 atom stereocenters. The standard InChI is InChI=1S/C6H9N3OS/c1-4-2-8-6(11)9(4)3-5(7)10/h2H,3H2,1H3,(H2,7,10)(H,8,11). The molecule has 60 valence electrons. The first-order valence-electron chi connectivity index (χ1n) is 3.14. The SMILES string of the molecule is Cc1c[nH]c(=S)n1CC(N)=O. The lowest BCUT2D eigenvalue weighted by molar-refractivity contribution is -0.118. The number of rotatable bonds is 2. The summed E-state index contributed by atoms with van der Waals surface area (Å²) in [6, 6.07) is 0. The molecular formula is C6H9N3OS. The van der Waals surface area contributed by atoms with Crippen molar-refractivity contribution in [1.82, 2.24) is 9.55 Å². The molecule has 1 aromatic heterocycles. The fourth-order valence-corrected chi connectivity index (χ4v) is 1.10. The Bertz CT molecular complexity index is 325. The van der Waals surface area contributed by atoms with Crippen molar-refractivity contribution in [1.29, 1.82) is 0 Å². The van der Waals surface area contributed by atoms with Crippen LogP contribution in [0.15, 0.2) is 6.20 Å². The molecule has 1 aromatic rings. The van der Waals surface area contributed by atoms with E-state index in [1.165, 1.54) is 0 Å². The lowest BCUT2D eigenvalue weighted by Gasteiger charge is -1.99. The Morgan fingerprint density at radius 2 is 2.55 bits per heavy atom. The highest BCUT2D eigenvalue weighted by atomic mass is 32.1. The predicted octanol–water partition coefficient (Wildman–Crippen LogP) is 0.339. The van der Waals surface area contributed by atoms with E-state index in [0.717, 1.165) is 5.69 Å². The molecule has 0 radical (unpaired) electrons. The van der Waals surface area contributed by atoms with Crippen LogP contribution in [0.1, 0.15) is 5.69 Å². The van der Waals surface area contributed by atoms with Crippen LogP contribution in [0.2, 0.25) is 0 Å². The molecule has 0 saturated carbocycles. The maximum Gasteiger partial charge on any atom is 0.237 e. The van der Waals surface area contributed by atoms with Gasteiger partial charge in [-0.05, 0) is 19.1 Å². The number of amides is 1. The number of nitrogens with two attached hydrogens (primary N) is 1. The van der Waals surface area contributed by atoms with Crippen molar-refractivity contribution >= 4 is 18.1 Å². The van der Waals surface area contributed by atoms with E-state index in [1.807, 2.05) is 6.92 Å². The van der Waals surface area contributed by atoms with E-state index in [1.54, 1.807) is 10.8 Å². The van der Waals surface area contributed by atoms with Gasteiger partial charge in [0, 0.05) is 11.9 Å². The maximum absolute atomic E-state index is 10.5. The molecule has 1 amide bonds. The van der Waals surface area contributed by atoms with Gasteiger partial charge in [-0.3, -0.25) is 4.79 Å². The van der Waals surface area contributed by atoms with Gasteiger partial charge < -0.3 is 15.3 Å². The molecule has 0 unspecified atom stereocenters. The first-order valence-corrected chi connectivity index (χ1v) is 3.55. The maximum atomic E-state index is 10.5. The molecule has 1 rings (SSSR count). The molecule has 0 saturated heterocycles. The third-order valence-corrected chi connectivity index (χ3v) is 1.73. The van der Waals surface area contributed by atoms with Crippen LogP contribution in [0, 0.1) is 11.7 Å². The molecule has 4 nitrogen and oxygen atoms in total. The van der Waals surface area contributed by atoms with Gasteiger partial charge in [-0.15, -0.1) is 0 Å². The van der Waals surface area contributed by atoms with Crippen LogP contribution in [0.4, 0.5) is 0 Å². The van der Waals surface area contributed by atoms with Crippen molar-refractivity contribution in [3.05, 3.63) is 16.7 Å². The number of hydrogen-bond donors (Lipinski definition) is 2. The first-order chi connectivity index (χ1) is 5.11. The minimum Gasteiger partial charge on any atom is -0.368 e. The van der Waals surface area contributed by atoms with Gasteiger partial charge in [0.15, 0.2) is 4.77 Å². The van der Waals surface area contributed by atoms with E-state index >= 15 is 0 Å². The number of primary amides is 1. The fourth-order valence-electron chi connectivity index (χ4n) is 0.835. The zero-order valence-electron chi connectivity index (χ0n) is 6.13. The fraction of sp³-hybridized carbons (Fsp3) is 0.333. The van der Waals surface area contributed by atoms with E-state index in [-0.39, 0.29) is 12.5 Å². The van der Waals surface area contributed by atoms with Gasteiger partial charge in [-0.2, -0.15) is 0 Å². The van der Waals surface area contributed by atoms with Gasteiger partial charge in [0.2, 0.25) is 5.91 Å². The van der Waals surface area contributed by atoms with Crippen LogP contribution in [0.5, 0.6) is 0 Å². The first kappa shape index (κ1) is 8.00. The summed E-state index contributed by atoms with van der Waals surface area (Å²) in [5.41, 5.74) is 5.91. The molecule has 0 bridgehead atoms. The largest absolute Gasteiger partial charge is 0.368 e. The second kappa shape index (κ2) is 2.87. The average Bonchev–Trinajstić information content (AvgIpc) is 2.18. The lowest BCUT2D eigenvalue weighted by atomic mass is 10.5. The molecule has 0 fully saturated rings. The smallest absolute Gasteiger partial charge is 0.237 e. The highest BCUT2D eigenvalue weighted by Crippen LogP contribution is 1.97. The number of H-pyrrole nitrogens is 1. The number of imidazole rings is 1. The third-order valence-electron chi connectivity index (χ3n) is 1.39. The summed E-state index contributed by atoms with van der Waals surface area (Å²) in [6.45, 7) is 2.00.